The number of hydrogen-bond donors (Lipinski definition) is 2. The lowest BCUT2D eigenvalue weighted by molar-refractivity contribution is -0.355. The summed E-state index contributed by atoms with van der Waals surface area (Å²) >= 11 is 4.49. The molecular weight excluding hydrogens is 250 g/mol. The van der Waals surface area contributed by atoms with Crippen LogP contribution in [0.2, 0.25) is 0 Å². The van der Waals surface area contributed by atoms with E-state index in [9.17, 15) is 0 Å². The molecule has 0 saturated heterocycles. The number of nitrogens with two attached hydrogens (primary N) is 1. The first-order valence-corrected chi connectivity index (χ1v) is 7.19. The van der Waals surface area contributed by atoms with Crippen molar-refractivity contribution >= 4 is 12.6 Å². The molecule has 0 aliphatic heterocycles. The van der Waals surface area contributed by atoms with E-state index in [1.165, 1.54) is 12.8 Å². The minimum absolute atomic E-state index is 0.450. The van der Waals surface area contributed by atoms with Crippen LogP contribution in [0.3, 0.4) is 0 Å². The van der Waals surface area contributed by atoms with E-state index in [1.807, 2.05) is 0 Å². The Bertz CT molecular complexity index is 181. The predicted molar refractivity (Wildman–Crippen MR) is 77.9 cm³/mol. The first kappa shape index (κ1) is 18.2. The van der Waals surface area contributed by atoms with Crippen LogP contribution >= 0.6 is 12.6 Å². The van der Waals surface area contributed by atoms with Gasteiger partial charge in [0.25, 0.3) is 5.97 Å². The highest BCUT2D eigenvalue weighted by atomic mass is 32.1. The molecule has 0 aliphatic carbocycles. The van der Waals surface area contributed by atoms with Gasteiger partial charge in [-0.05, 0) is 25.8 Å². The van der Waals surface area contributed by atoms with Crippen molar-refractivity contribution in [2.24, 2.45) is 5.73 Å². The van der Waals surface area contributed by atoms with Gasteiger partial charge in [0.2, 0.25) is 0 Å². The topological polar surface area (TPSA) is 53.7 Å². The van der Waals surface area contributed by atoms with E-state index in [0.717, 1.165) is 38.6 Å². The van der Waals surface area contributed by atoms with Crippen molar-refractivity contribution in [2.45, 2.75) is 56.2 Å². The van der Waals surface area contributed by atoms with E-state index in [2.05, 4.69) is 12.6 Å². The van der Waals surface area contributed by atoms with Gasteiger partial charge in [-0.15, -0.1) is 0 Å². The highest BCUT2D eigenvalue weighted by Gasteiger charge is 2.28. The van der Waals surface area contributed by atoms with Crippen LogP contribution in [0.5, 0.6) is 0 Å². The van der Waals surface area contributed by atoms with Gasteiger partial charge >= 0.3 is 0 Å². The summed E-state index contributed by atoms with van der Waals surface area (Å²) in [6, 6.07) is 0. The molecule has 0 rings (SSSR count). The first-order chi connectivity index (χ1) is 8.64. The predicted octanol–water partition coefficient (Wildman–Crippen LogP) is 2.57. The van der Waals surface area contributed by atoms with Crippen molar-refractivity contribution in [3.8, 4) is 0 Å². The Balaban J connectivity index is 3.55. The fraction of sp³-hybridized carbons (Fsp3) is 1.00. The minimum atomic E-state index is -0.869. The zero-order chi connectivity index (χ0) is 13.9. The third-order valence-corrected chi connectivity index (χ3v) is 3.72. The molecule has 0 saturated carbocycles. The van der Waals surface area contributed by atoms with Gasteiger partial charge in [0.15, 0.2) is 0 Å². The summed E-state index contributed by atoms with van der Waals surface area (Å²) in [6.45, 7) is 0.728. The zero-order valence-electron chi connectivity index (χ0n) is 12.0. The maximum Gasteiger partial charge on any atom is 0.282 e. The molecule has 1 unspecified atom stereocenters. The largest absolute Gasteiger partial charge is 0.331 e. The van der Waals surface area contributed by atoms with Crippen LogP contribution in [0, 0.1) is 0 Å². The Kier molecular flexibility index (Phi) is 11.2. The minimum Gasteiger partial charge on any atom is -0.331 e. The average molecular weight is 279 g/mol. The van der Waals surface area contributed by atoms with Crippen LogP contribution in [-0.2, 0) is 14.2 Å². The normalized spacial score (nSPS) is 13.8. The molecule has 4 nitrogen and oxygen atoms in total. The molecule has 0 aromatic heterocycles. The highest BCUT2D eigenvalue weighted by Crippen LogP contribution is 2.21. The number of thiol groups is 1. The smallest absolute Gasteiger partial charge is 0.282 e. The van der Waals surface area contributed by atoms with E-state index >= 15 is 0 Å². The van der Waals surface area contributed by atoms with Gasteiger partial charge in [-0.1, -0.05) is 19.3 Å². The van der Waals surface area contributed by atoms with Gasteiger partial charge < -0.3 is 19.9 Å². The Morgan fingerprint density at radius 1 is 0.944 bits per heavy atom. The highest BCUT2D eigenvalue weighted by molar-refractivity contribution is 7.80. The van der Waals surface area contributed by atoms with E-state index in [4.69, 9.17) is 19.9 Å². The van der Waals surface area contributed by atoms with Gasteiger partial charge in [0.05, 0.1) is 0 Å². The number of methoxy groups -OCH3 is 3. The molecule has 0 spiro atoms. The zero-order valence-corrected chi connectivity index (χ0v) is 12.9. The number of hydrogen-bond acceptors (Lipinski definition) is 5. The Hall–Kier alpha value is 0.190. The lowest BCUT2D eigenvalue weighted by Crippen LogP contribution is -2.35. The summed E-state index contributed by atoms with van der Waals surface area (Å²) in [6.07, 6.45) is 7.49. The summed E-state index contributed by atoms with van der Waals surface area (Å²) in [5, 5.41) is 0.450. The molecule has 0 aliphatic rings. The number of ether oxygens (including phenoxy) is 3. The number of rotatable bonds is 12. The average Bonchev–Trinajstić information content (AvgIpc) is 2.39. The van der Waals surface area contributed by atoms with E-state index in [0.29, 0.717) is 5.25 Å². The van der Waals surface area contributed by atoms with Gasteiger partial charge in [0, 0.05) is 33.0 Å². The van der Waals surface area contributed by atoms with Gasteiger partial charge in [-0.25, -0.2) is 0 Å². The monoisotopic (exact) mass is 279 g/mol. The van der Waals surface area contributed by atoms with Crippen molar-refractivity contribution in [1.29, 1.82) is 0 Å². The van der Waals surface area contributed by atoms with Crippen molar-refractivity contribution in [3.63, 3.8) is 0 Å². The van der Waals surface area contributed by atoms with Crippen LogP contribution in [0.15, 0.2) is 0 Å². The Labute approximate surface area is 117 Å². The van der Waals surface area contributed by atoms with Crippen molar-refractivity contribution in [2.75, 3.05) is 27.9 Å². The van der Waals surface area contributed by atoms with Gasteiger partial charge in [-0.3, -0.25) is 0 Å². The van der Waals surface area contributed by atoms with Crippen LogP contribution in [0.4, 0.5) is 0 Å². The van der Waals surface area contributed by atoms with Crippen molar-refractivity contribution in [3.05, 3.63) is 0 Å². The summed E-state index contributed by atoms with van der Waals surface area (Å²) in [5.74, 6) is -0.869. The lowest BCUT2D eigenvalue weighted by atomic mass is 10.1. The van der Waals surface area contributed by atoms with E-state index in [1.54, 1.807) is 21.3 Å². The van der Waals surface area contributed by atoms with Gasteiger partial charge in [0.1, 0.15) is 0 Å². The maximum absolute atomic E-state index is 5.48. The molecule has 0 heterocycles. The summed E-state index contributed by atoms with van der Waals surface area (Å²) in [7, 11) is 4.81. The SMILES string of the molecule is COC(CCCCCCC(S)CCN)(OC)OC. The summed E-state index contributed by atoms with van der Waals surface area (Å²) in [4.78, 5) is 0. The second-order valence-corrected chi connectivity index (χ2v) is 5.21. The third kappa shape index (κ3) is 7.59. The van der Waals surface area contributed by atoms with Crippen LogP contribution < -0.4 is 5.73 Å². The molecule has 18 heavy (non-hydrogen) atoms. The molecular formula is C13H29NO3S. The Morgan fingerprint density at radius 2 is 1.50 bits per heavy atom. The van der Waals surface area contributed by atoms with Crippen LogP contribution in [-0.4, -0.2) is 39.1 Å². The fourth-order valence-corrected chi connectivity index (χ4v) is 2.30. The second kappa shape index (κ2) is 11.1. The lowest BCUT2D eigenvalue weighted by Gasteiger charge is -2.28. The second-order valence-electron chi connectivity index (χ2n) is 4.48. The molecule has 110 valence electrons. The quantitative estimate of drug-likeness (QED) is 0.327. The summed E-state index contributed by atoms with van der Waals surface area (Å²) < 4.78 is 15.7. The Morgan fingerprint density at radius 3 is 2.00 bits per heavy atom. The standard InChI is InChI=1S/C13H29NO3S/c1-15-13(16-2,17-3)10-7-5-4-6-8-12(18)9-11-14/h12,18H,4-11,14H2,1-3H3. The molecule has 0 aromatic rings. The first-order valence-electron chi connectivity index (χ1n) is 6.67. The molecule has 5 heteroatoms. The van der Waals surface area contributed by atoms with Crippen LogP contribution in [0.1, 0.15) is 44.9 Å². The van der Waals surface area contributed by atoms with Crippen molar-refractivity contribution < 1.29 is 14.2 Å². The molecule has 1 atom stereocenters. The molecule has 0 radical (unpaired) electrons. The van der Waals surface area contributed by atoms with Gasteiger partial charge in [-0.2, -0.15) is 12.6 Å². The van der Waals surface area contributed by atoms with Crippen LogP contribution in [0.25, 0.3) is 0 Å². The summed E-state index contributed by atoms with van der Waals surface area (Å²) in [5.41, 5.74) is 5.48. The number of unbranched alkanes of at least 4 members (excludes halogenated alkanes) is 3. The molecule has 0 amide bonds. The fourth-order valence-electron chi connectivity index (χ4n) is 1.97. The van der Waals surface area contributed by atoms with E-state index < -0.39 is 5.97 Å². The van der Waals surface area contributed by atoms with E-state index in [-0.39, 0.29) is 0 Å². The third-order valence-electron chi connectivity index (χ3n) is 3.20. The molecule has 0 fully saturated rings. The van der Waals surface area contributed by atoms with Crippen molar-refractivity contribution in [1.82, 2.24) is 0 Å². The molecule has 0 aromatic carbocycles. The molecule has 0 bridgehead atoms. The maximum atomic E-state index is 5.48. The molecule has 2 N–H and O–H groups in total.